The van der Waals surface area contributed by atoms with Crippen molar-refractivity contribution in [2.24, 2.45) is 0 Å². The molecule has 1 N–H and O–H groups in total. The molecule has 1 atom stereocenters. The van der Waals surface area contributed by atoms with E-state index in [9.17, 15) is 9.90 Å². The number of halogens is 1. The molecule has 0 bridgehead atoms. The van der Waals surface area contributed by atoms with Crippen molar-refractivity contribution in [2.45, 2.75) is 44.1 Å². The number of benzene rings is 4. The second-order valence-electron chi connectivity index (χ2n) is 9.14. The Kier molecular flexibility index (Phi) is 9.88. The van der Waals surface area contributed by atoms with Crippen LogP contribution in [-0.4, -0.2) is 11.4 Å². The van der Waals surface area contributed by atoms with E-state index < -0.39 is 5.44 Å². The molecule has 1 aliphatic rings. The van der Waals surface area contributed by atoms with E-state index in [2.05, 4.69) is 13.0 Å². The number of carbonyl (C=O) groups is 1. The van der Waals surface area contributed by atoms with Gasteiger partial charge in [0.05, 0.1) is 5.56 Å². The van der Waals surface area contributed by atoms with Crippen LogP contribution in [0.25, 0.3) is 0 Å². The Balaban J connectivity index is 0.000000177. The summed E-state index contributed by atoms with van der Waals surface area (Å²) >= 11 is 7.40. The summed E-state index contributed by atoms with van der Waals surface area (Å²) < 4.78 is 11.7. The van der Waals surface area contributed by atoms with Crippen LogP contribution in [0.3, 0.4) is 0 Å². The van der Waals surface area contributed by atoms with Crippen LogP contribution in [0.5, 0.6) is 11.5 Å². The van der Waals surface area contributed by atoms with Gasteiger partial charge < -0.3 is 14.6 Å². The molecule has 0 aliphatic carbocycles. The van der Waals surface area contributed by atoms with Crippen LogP contribution in [0.1, 0.15) is 54.7 Å². The molecule has 5 rings (SSSR count). The third kappa shape index (κ3) is 7.19. The van der Waals surface area contributed by atoms with Gasteiger partial charge in [0.2, 0.25) is 0 Å². The molecule has 0 saturated heterocycles. The van der Waals surface area contributed by atoms with Crippen LogP contribution in [0.2, 0.25) is 0 Å². The number of aldehydes is 1. The van der Waals surface area contributed by atoms with Gasteiger partial charge in [-0.1, -0.05) is 72.8 Å². The molecule has 0 amide bonds. The van der Waals surface area contributed by atoms with Crippen molar-refractivity contribution < 1.29 is 19.4 Å². The first kappa shape index (κ1) is 27.8. The lowest BCUT2D eigenvalue weighted by molar-refractivity contribution is 0.111. The third-order valence-corrected chi connectivity index (χ3v) is 7.44. The van der Waals surface area contributed by atoms with E-state index >= 15 is 0 Å². The minimum atomic E-state index is -0.457. The molecular weight excluding hydrogens is 516 g/mol. The Bertz CT molecular complexity index is 1360. The van der Waals surface area contributed by atoms with E-state index in [1.165, 1.54) is 11.1 Å². The third-order valence-electron chi connectivity index (χ3n) is 6.12. The molecule has 6 heteroatoms. The summed E-state index contributed by atoms with van der Waals surface area (Å²) in [4.78, 5) is 11.2. The first-order chi connectivity index (χ1) is 18.5. The Morgan fingerprint density at radius 2 is 1.42 bits per heavy atom. The highest BCUT2D eigenvalue weighted by molar-refractivity contribution is 7.98. The second kappa shape index (κ2) is 13.5. The van der Waals surface area contributed by atoms with Gasteiger partial charge in [0, 0.05) is 17.2 Å². The predicted octanol–water partition coefficient (Wildman–Crippen LogP) is 7.94. The molecule has 1 heterocycles. The van der Waals surface area contributed by atoms with E-state index in [4.69, 9.17) is 21.1 Å². The summed E-state index contributed by atoms with van der Waals surface area (Å²) in [5.41, 5.74) is 7.44. The molecule has 0 aromatic heterocycles. The van der Waals surface area contributed by atoms with Crippen LogP contribution < -0.4 is 9.47 Å². The molecule has 4 aromatic carbocycles. The molecule has 0 fully saturated rings. The number of carbonyl (C=O) groups excluding carboxylic acids is 1. The van der Waals surface area contributed by atoms with Gasteiger partial charge in [-0.05, 0) is 59.4 Å². The van der Waals surface area contributed by atoms with Crippen molar-refractivity contribution in [3.8, 4) is 11.5 Å². The smallest absolute Gasteiger partial charge is 0.154 e. The fourth-order valence-corrected chi connectivity index (χ4v) is 5.51. The monoisotopic (exact) mass is 546 g/mol. The lowest BCUT2D eigenvalue weighted by atomic mass is 10.1. The molecule has 0 saturated carbocycles. The highest BCUT2D eigenvalue weighted by atomic mass is 35.5. The van der Waals surface area contributed by atoms with Gasteiger partial charge >= 0.3 is 0 Å². The van der Waals surface area contributed by atoms with Gasteiger partial charge in [-0.15, -0.1) is 23.4 Å². The maximum Gasteiger partial charge on any atom is 0.154 e. The Morgan fingerprint density at radius 1 is 0.868 bits per heavy atom. The van der Waals surface area contributed by atoms with Crippen LogP contribution in [-0.2, 0) is 24.8 Å². The van der Waals surface area contributed by atoms with Crippen LogP contribution in [0.4, 0.5) is 0 Å². The lowest BCUT2D eigenvalue weighted by Crippen LogP contribution is -2.01. The van der Waals surface area contributed by atoms with Gasteiger partial charge in [-0.2, -0.15) is 0 Å². The largest absolute Gasteiger partial charge is 0.488 e. The summed E-state index contributed by atoms with van der Waals surface area (Å²) in [5.74, 6) is 2.57. The van der Waals surface area contributed by atoms with Crippen molar-refractivity contribution >= 4 is 29.6 Å². The van der Waals surface area contributed by atoms with Crippen molar-refractivity contribution in [1.82, 2.24) is 0 Å². The second-order valence-corrected chi connectivity index (χ2v) is 10.5. The number of aliphatic hydroxyl groups is 1. The molecule has 1 unspecified atom stereocenters. The predicted molar refractivity (Wildman–Crippen MR) is 155 cm³/mol. The Hall–Kier alpha value is -3.25. The van der Waals surface area contributed by atoms with Gasteiger partial charge in [0.25, 0.3) is 0 Å². The standard InChI is InChI=1S/C16H15ClO2.C16H16O2S/c1-12-7-14(9-17)15(10-18)16(8-12)19-11-13-5-3-2-4-6-13;1-11-7-13-10-19-16(17)15(13)14(8-11)18-9-12-5-3-2-4-6-12/h2-8,10H,9,11H2,1H3;2-8,16-17H,9-10H2,1H3. The Labute approximate surface area is 233 Å². The van der Waals surface area contributed by atoms with Gasteiger partial charge in [-0.3, -0.25) is 4.79 Å². The summed E-state index contributed by atoms with van der Waals surface area (Å²) in [5, 5.41) is 10.0. The van der Waals surface area contributed by atoms with Crippen LogP contribution in [0.15, 0.2) is 84.9 Å². The number of hydrogen-bond donors (Lipinski definition) is 1. The molecule has 196 valence electrons. The number of alkyl halides is 1. The number of ether oxygens (including phenoxy) is 2. The highest BCUT2D eigenvalue weighted by Crippen LogP contribution is 2.45. The summed E-state index contributed by atoms with van der Waals surface area (Å²) in [6, 6.07) is 27.8. The number of thioether (sulfide) groups is 1. The quantitative estimate of drug-likeness (QED) is 0.179. The van der Waals surface area contributed by atoms with E-state index in [0.717, 1.165) is 45.6 Å². The number of rotatable bonds is 8. The maximum absolute atomic E-state index is 11.2. The zero-order valence-electron chi connectivity index (χ0n) is 21.5. The van der Waals surface area contributed by atoms with Crippen LogP contribution >= 0.6 is 23.4 Å². The number of aliphatic hydroxyl groups excluding tert-OH is 1. The minimum absolute atomic E-state index is 0.303. The number of aryl methyl sites for hydroxylation is 2. The maximum atomic E-state index is 11.2. The average Bonchev–Trinajstić information content (AvgIpc) is 3.31. The SMILES string of the molecule is Cc1cc(CCl)c(C=O)c(OCc2ccccc2)c1.Cc1cc2c(c(OCc3ccccc3)c1)C(O)SC2. The number of fused-ring (bicyclic) bond motifs is 1. The fraction of sp³-hybridized carbons (Fsp3) is 0.219. The van der Waals surface area contributed by atoms with E-state index in [1.807, 2.05) is 85.8 Å². The zero-order valence-corrected chi connectivity index (χ0v) is 23.1. The summed E-state index contributed by atoms with van der Waals surface area (Å²) in [6.07, 6.45) is 0.803. The molecular formula is C32H31ClO4S. The average molecular weight is 547 g/mol. The van der Waals surface area contributed by atoms with Crippen molar-refractivity contribution in [3.63, 3.8) is 0 Å². The van der Waals surface area contributed by atoms with Gasteiger partial charge in [0.15, 0.2) is 6.29 Å². The summed E-state index contributed by atoms with van der Waals surface area (Å²) in [7, 11) is 0. The van der Waals surface area contributed by atoms with E-state index in [1.54, 1.807) is 11.8 Å². The first-order valence-electron chi connectivity index (χ1n) is 12.4. The van der Waals surface area contributed by atoms with Crippen LogP contribution in [0, 0.1) is 13.8 Å². The summed E-state index contributed by atoms with van der Waals surface area (Å²) in [6.45, 7) is 4.99. The lowest BCUT2D eigenvalue weighted by Gasteiger charge is -2.14. The molecule has 38 heavy (non-hydrogen) atoms. The topological polar surface area (TPSA) is 55.8 Å². The van der Waals surface area contributed by atoms with Crippen molar-refractivity contribution in [3.05, 3.63) is 129 Å². The van der Waals surface area contributed by atoms with Gasteiger partial charge in [-0.25, -0.2) is 0 Å². The molecule has 4 aromatic rings. The molecule has 0 radical (unpaired) electrons. The molecule has 0 spiro atoms. The molecule has 4 nitrogen and oxygen atoms in total. The van der Waals surface area contributed by atoms with E-state index in [0.29, 0.717) is 30.4 Å². The fourth-order valence-electron chi connectivity index (χ4n) is 4.28. The highest BCUT2D eigenvalue weighted by Gasteiger charge is 2.25. The first-order valence-corrected chi connectivity index (χ1v) is 14.0. The zero-order chi connectivity index (χ0) is 26.9. The Morgan fingerprint density at radius 3 is 2.00 bits per heavy atom. The minimum Gasteiger partial charge on any atom is -0.488 e. The number of hydrogen-bond acceptors (Lipinski definition) is 5. The van der Waals surface area contributed by atoms with Gasteiger partial charge in [0.1, 0.15) is 30.1 Å². The van der Waals surface area contributed by atoms with Crippen molar-refractivity contribution in [2.75, 3.05) is 0 Å². The normalized spacial score (nSPS) is 13.7. The molecule has 1 aliphatic heterocycles. The van der Waals surface area contributed by atoms with Crippen molar-refractivity contribution in [1.29, 1.82) is 0 Å². The van der Waals surface area contributed by atoms with E-state index in [-0.39, 0.29) is 0 Å².